The summed E-state index contributed by atoms with van der Waals surface area (Å²) in [4.78, 5) is 27.1. The first-order valence-electron chi connectivity index (χ1n) is 11.6. The average molecular weight is 426 g/mol. The van der Waals surface area contributed by atoms with E-state index in [1.54, 1.807) is 6.92 Å². The molecule has 1 fully saturated rings. The number of aromatic nitrogens is 2. The Kier molecular flexibility index (Phi) is 7.88. The molecule has 1 aromatic carbocycles. The van der Waals surface area contributed by atoms with Crippen LogP contribution in [0, 0.1) is 0 Å². The zero-order chi connectivity index (χ0) is 22.4. The predicted molar refractivity (Wildman–Crippen MR) is 122 cm³/mol. The van der Waals surface area contributed by atoms with E-state index in [1.807, 2.05) is 47.0 Å². The fourth-order valence-electron chi connectivity index (χ4n) is 4.49. The van der Waals surface area contributed by atoms with Crippen molar-refractivity contribution in [2.45, 2.75) is 77.7 Å². The fraction of sp³-hybridized carbons (Fsp3) is 0.560. The summed E-state index contributed by atoms with van der Waals surface area (Å²) in [5.74, 6) is -0.0601. The third kappa shape index (κ3) is 5.17. The second-order valence-electron chi connectivity index (χ2n) is 8.35. The maximum Gasteiger partial charge on any atom is 0.358 e. The van der Waals surface area contributed by atoms with Gasteiger partial charge >= 0.3 is 5.97 Å². The molecule has 0 bridgehead atoms. The second-order valence-corrected chi connectivity index (χ2v) is 8.35. The van der Waals surface area contributed by atoms with E-state index >= 15 is 0 Å². The number of ether oxygens (including phenoxy) is 1. The summed E-state index contributed by atoms with van der Waals surface area (Å²) < 4.78 is 6.97. The van der Waals surface area contributed by atoms with Crippen molar-refractivity contribution in [3.05, 3.63) is 47.3 Å². The zero-order valence-corrected chi connectivity index (χ0v) is 19.3. The molecular weight excluding hydrogens is 390 g/mol. The summed E-state index contributed by atoms with van der Waals surface area (Å²) in [7, 11) is 1.91. The molecule has 0 unspecified atom stereocenters. The molecule has 1 saturated carbocycles. The molecule has 1 amide bonds. The number of hydrogen-bond donors (Lipinski definition) is 0. The van der Waals surface area contributed by atoms with Crippen LogP contribution < -0.4 is 0 Å². The molecule has 6 heteroatoms. The SMILES string of the molecule is CCOC(=O)c1cc(C(CC)CC)n(-c2ccc(C(=O)N(C)C3CCCCC3)cc2)n1. The Bertz CT molecular complexity index is 878. The van der Waals surface area contributed by atoms with Gasteiger partial charge in [0.05, 0.1) is 12.3 Å². The molecule has 1 heterocycles. The van der Waals surface area contributed by atoms with Gasteiger partial charge < -0.3 is 9.64 Å². The van der Waals surface area contributed by atoms with Gasteiger partial charge in [-0.15, -0.1) is 0 Å². The quantitative estimate of drug-likeness (QED) is 0.534. The molecule has 1 aromatic heterocycles. The van der Waals surface area contributed by atoms with Crippen LogP contribution in [-0.2, 0) is 4.74 Å². The third-order valence-corrected chi connectivity index (χ3v) is 6.43. The van der Waals surface area contributed by atoms with Crippen molar-refractivity contribution in [3.8, 4) is 5.69 Å². The Morgan fingerprint density at radius 2 is 1.74 bits per heavy atom. The number of hydrogen-bond acceptors (Lipinski definition) is 4. The van der Waals surface area contributed by atoms with E-state index < -0.39 is 5.97 Å². The number of carbonyl (C=O) groups is 2. The Labute approximate surface area is 185 Å². The largest absolute Gasteiger partial charge is 0.461 e. The van der Waals surface area contributed by atoms with Crippen LogP contribution in [-0.4, -0.2) is 46.3 Å². The van der Waals surface area contributed by atoms with Crippen LogP contribution in [0.4, 0.5) is 0 Å². The first-order chi connectivity index (χ1) is 15.0. The molecule has 0 N–H and O–H groups in total. The van der Waals surface area contributed by atoms with E-state index in [0.29, 0.717) is 23.9 Å². The maximum absolute atomic E-state index is 13.0. The van der Waals surface area contributed by atoms with Crippen molar-refractivity contribution in [2.75, 3.05) is 13.7 Å². The predicted octanol–water partition coefficient (Wildman–Crippen LogP) is 5.36. The normalized spacial score (nSPS) is 14.6. The van der Waals surface area contributed by atoms with Gasteiger partial charge in [-0.3, -0.25) is 4.79 Å². The topological polar surface area (TPSA) is 64.4 Å². The lowest BCUT2D eigenvalue weighted by atomic mass is 9.94. The van der Waals surface area contributed by atoms with E-state index in [-0.39, 0.29) is 11.8 Å². The molecule has 1 aliphatic rings. The molecule has 0 spiro atoms. The Hall–Kier alpha value is -2.63. The monoisotopic (exact) mass is 425 g/mol. The molecule has 1 aliphatic carbocycles. The molecule has 0 radical (unpaired) electrons. The van der Waals surface area contributed by atoms with Gasteiger partial charge in [0.2, 0.25) is 0 Å². The van der Waals surface area contributed by atoms with Crippen molar-refractivity contribution in [3.63, 3.8) is 0 Å². The number of benzene rings is 1. The number of rotatable bonds is 8. The van der Waals surface area contributed by atoms with Crippen molar-refractivity contribution >= 4 is 11.9 Å². The van der Waals surface area contributed by atoms with Gasteiger partial charge in [-0.05, 0) is 62.9 Å². The van der Waals surface area contributed by atoms with Gasteiger partial charge in [0.25, 0.3) is 5.91 Å². The summed E-state index contributed by atoms with van der Waals surface area (Å²) in [6.45, 7) is 6.38. The lowest BCUT2D eigenvalue weighted by Gasteiger charge is -2.31. The fourth-order valence-corrected chi connectivity index (χ4v) is 4.49. The van der Waals surface area contributed by atoms with Crippen LogP contribution in [0.15, 0.2) is 30.3 Å². The molecule has 31 heavy (non-hydrogen) atoms. The maximum atomic E-state index is 13.0. The average Bonchev–Trinajstić information content (AvgIpc) is 3.25. The van der Waals surface area contributed by atoms with Gasteiger partial charge in [-0.25, -0.2) is 9.48 Å². The molecule has 6 nitrogen and oxygen atoms in total. The highest BCUT2D eigenvalue weighted by atomic mass is 16.5. The van der Waals surface area contributed by atoms with Crippen molar-refractivity contribution in [1.82, 2.24) is 14.7 Å². The standard InChI is InChI=1S/C25H35N3O3/c1-5-18(6-2)23-17-22(25(30)31-7-3)26-28(23)21-15-13-19(14-16-21)24(29)27(4)20-11-9-8-10-12-20/h13-18,20H,5-12H2,1-4H3. The lowest BCUT2D eigenvalue weighted by molar-refractivity contribution is 0.0518. The van der Waals surface area contributed by atoms with E-state index in [9.17, 15) is 9.59 Å². The number of nitrogens with zero attached hydrogens (tertiary/aromatic N) is 3. The van der Waals surface area contributed by atoms with Gasteiger partial charge in [0.15, 0.2) is 5.69 Å². The molecule has 0 aliphatic heterocycles. The number of esters is 1. The second kappa shape index (κ2) is 10.6. The number of amides is 1. The molecule has 0 atom stereocenters. The minimum absolute atomic E-state index is 0.0614. The minimum Gasteiger partial charge on any atom is -0.461 e. The van der Waals surface area contributed by atoms with E-state index in [0.717, 1.165) is 37.1 Å². The van der Waals surface area contributed by atoms with Crippen LogP contribution in [0.25, 0.3) is 5.69 Å². The molecule has 168 valence electrons. The van der Waals surface area contributed by atoms with E-state index in [2.05, 4.69) is 18.9 Å². The minimum atomic E-state index is -0.408. The van der Waals surface area contributed by atoms with Crippen molar-refractivity contribution in [2.24, 2.45) is 0 Å². The Morgan fingerprint density at radius 1 is 1.10 bits per heavy atom. The van der Waals surface area contributed by atoms with E-state index in [4.69, 9.17) is 4.74 Å². The van der Waals surface area contributed by atoms with Crippen LogP contribution in [0.5, 0.6) is 0 Å². The molecular formula is C25H35N3O3. The first kappa shape index (κ1) is 23.0. The molecule has 0 saturated heterocycles. The summed E-state index contributed by atoms with van der Waals surface area (Å²) in [5, 5.41) is 4.55. The lowest BCUT2D eigenvalue weighted by Crippen LogP contribution is -2.38. The highest BCUT2D eigenvalue weighted by molar-refractivity contribution is 5.94. The van der Waals surface area contributed by atoms with Gasteiger partial charge in [-0.1, -0.05) is 33.1 Å². The van der Waals surface area contributed by atoms with Crippen LogP contribution in [0.3, 0.4) is 0 Å². The van der Waals surface area contributed by atoms with E-state index in [1.165, 1.54) is 19.3 Å². The van der Waals surface area contributed by atoms with Gasteiger partial charge in [-0.2, -0.15) is 5.10 Å². The Balaban J connectivity index is 1.86. The van der Waals surface area contributed by atoms with Gasteiger partial charge in [0, 0.05) is 30.3 Å². The first-order valence-corrected chi connectivity index (χ1v) is 11.6. The molecule has 2 aromatic rings. The number of carbonyl (C=O) groups excluding carboxylic acids is 2. The van der Waals surface area contributed by atoms with Crippen LogP contribution >= 0.6 is 0 Å². The zero-order valence-electron chi connectivity index (χ0n) is 19.3. The highest BCUT2D eigenvalue weighted by Gasteiger charge is 2.24. The summed E-state index contributed by atoms with van der Waals surface area (Å²) in [6, 6.07) is 9.72. The van der Waals surface area contributed by atoms with Crippen molar-refractivity contribution in [1.29, 1.82) is 0 Å². The summed E-state index contributed by atoms with van der Waals surface area (Å²) >= 11 is 0. The Morgan fingerprint density at radius 3 is 2.32 bits per heavy atom. The van der Waals surface area contributed by atoms with Crippen molar-refractivity contribution < 1.29 is 14.3 Å². The molecule has 3 rings (SSSR count). The summed E-state index contributed by atoms with van der Waals surface area (Å²) in [5.41, 5.74) is 2.83. The van der Waals surface area contributed by atoms with Crippen LogP contribution in [0.1, 0.15) is 98.2 Å². The van der Waals surface area contributed by atoms with Gasteiger partial charge in [0.1, 0.15) is 0 Å². The van der Waals surface area contributed by atoms with Crippen LogP contribution in [0.2, 0.25) is 0 Å². The highest BCUT2D eigenvalue weighted by Crippen LogP contribution is 2.27. The summed E-state index contributed by atoms with van der Waals surface area (Å²) in [6.07, 6.45) is 7.74. The third-order valence-electron chi connectivity index (χ3n) is 6.43. The smallest absolute Gasteiger partial charge is 0.358 e.